The number of amides is 1. The van der Waals surface area contributed by atoms with Crippen molar-refractivity contribution in [2.45, 2.75) is 19.9 Å². The first-order valence-corrected chi connectivity index (χ1v) is 6.56. The number of thiocarbonyl (C=S) groups is 1. The summed E-state index contributed by atoms with van der Waals surface area (Å²) in [5.41, 5.74) is 6.80. The molecule has 0 heterocycles. The molecule has 0 fully saturated rings. The second-order valence-corrected chi connectivity index (χ2v) is 5.16. The molecule has 0 aliphatic heterocycles. The topological polar surface area (TPSA) is 64.3 Å². The number of methoxy groups -OCH3 is 1. The molecule has 1 amide bonds. The Balaban J connectivity index is 2.82. The van der Waals surface area contributed by atoms with E-state index in [-0.39, 0.29) is 16.9 Å². The molecule has 4 nitrogen and oxygen atoms in total. The lowest BCUT2D eigenvalue weighted by molar-refractivity contribution is 0.0866. The highest BCUT2D eigenvalue weighted by Crippen LogP contribution is 2.08. The molecule has 1 rings (SSSR count). The van der Waals surface area contributed by atoms with Crippen molar-refractivity contribution < 1.29 is 9.53 Å². The number of benzene rings is 1. The number of hydrogen-bond donors (Lipinski definition) is 2. The summed E-state index contributed by atoms with van der Waals surface area (Å²) in [7, 11) is 1.62. The highest BCUT2D eigenvalue weighted by molar-refractivity contribution is 7.80. The van der Waals surface area contributed by atoms with Crippen LogP contribution in [0.5, 0.6) is 0 Å². The van der Waals surface area contributed by atoms with Crippen LogP contribution in [0.1, 0.15) is 29.8 Å². The van der Waals surface area contributed by atoms with Gasteiger partial charge in [0.1, 0.15) is 4.99 Å². The van der Waals surface area contributed by atoms with Crippen LogP contribution < -0.4 is 11.1 Å². The first-order valence-electron chi connectivity index (χ1n) is 6.15. The Hall–Kier alpha value is -1.46. The maximum absolute atomic E-state index is 12.2. The van der Waals surface area contributed by atoms with Gasteiger partial charge in [-0.2, -0.15) is 0 Å². The van der Waals surface area contributed by atoms with Crippen LogP contribution in [-0.2, 0) is 4.74 Å². The van der Waals surface area contributed by atoms with E-state index in [1.807, 2.05) is 13.8 Å². The van der Waals surface area contributed by atoms with Crippen LogP contribution >= 0.6 is 12.2 Å². The fourth-order valence-corrected chi connectivity index (χ4v) is 1.77. The van der Waals surface area contributed by atoms with E-state index in [2.05, 4.69) is 5.32 Å². The van der Waals surface area contributed by atoms with Gasteiger partial charge in [0.25, 0.3) is 5.91 Å². The number of carbonyl (C=O) groups is 1. The third-order valence-electron chi connectivity index (χ3n) is 2.88. The quantitative estimate of drug-likeness (QED) is 0.779. The lowest BCUT2D eigenvalue weighted by Gasteiger charge is -2.21. The second-order valence-electron chi connectivity index (χ2n) is 4.72. The number of ether oxygens (including phenoxy) is 1. The number of nitrogens with one attached hydrogen (secondary N) is 1. The average Bonchev–Trinajstić information content (AvgIpc) is 2.38. The lowest BCUT2D eigenvalue weighted by atomic mass is 10.0. The second kappa shape index (κ2) is 7.21. The van der Waals surface area contributed by atoms with Crippen LogP contribution in [0.15, 0.2) is 24.3 Å². The SMILES string of the molecule is COCC(NC(=O)c1cccc(C(N)=S)c1)C(C)C. The molecule has 104 valence electrons. The molecule has 0 saturated heterocycles. The average molecular weight is 280 g/mol. The van der Waals surface area contributed by atoms with Gasteiger partial charge in [-0.25, -0.2) is 0 Å². The third kappa shape index (κ3) is 4.61. The van der Waals surface area contributed by atoms with Gasteiger partial charge in [-0.15, -0.1) is 0 Å². The molecule has 0 bridgehead atoms. The van der Waals surface area contributed by atoms with Crippen LogP contribution in [0.2, 0.25) is 0 Å². The van der Waals surface area contributed by atoms with Crippen molar-refractivity contribution in [3.05, 3.63) is 35.4 Å². The van der Waals surface area contributed by atoms with Gasteiger partial charge in [0.05, 0.1) is 12.6 Å². The molecule has 19 heavy (non-hydrogen) atoms. The highest BCUT2D eigenvalue weighted by Gasteiger charge is 2.17. The van der Waals surface area contributed by atoms with Crippen molar-refractivity contribution in [1.29, 1.82) is 0 Å². The molecule has 0 spiro atoms. The van der Waals surface area contributed by atoms with Gasteiger partial charge >= 0.3 is 0 Å². The Kier molecular flexibility index (Phi) is 5.92. The van der Waals surface area contributed by atoms with Crippen molar-refractivity contribution in [3.8, 4) is 0 Å². The Morgan fingerprint density at radius 3 is 2.58 bits per heavy atom. The summed E-state index contributed by atoms with van der Waals surface area (Å²) in [6.07, 6.45) is 0. The van der Waals surface area contributed by atoms with E-state index >= 15 is 0 Å². The Labute approximate surface area is 119 Å². The van der Waals surface area contributed by atoms with Crippen LogP contribution in [0, 0.1) is 5.92 Å². The fraction of sp³-hybridized carbons (Fsp3) is 0.429. The normalized spacial score (nSPS) is 12.2. The van der Waals surface area contributed by atoms with Gasteiger partial charge in [-0.05, 0) is 18.1 Å². The number of carbonyl (C=O) groups excluding carboxylic acids is 1. The van der Waals surface area contributed by atoms with Gasteiger partial charge in [0, 0.05) is 18.2 Å². The van der Waals surface area contributed by atoms with E-state index in [9.17, 15) is 4.79 Å². The summed E-state index contributed by atoms with van der Waals surface area (Å²) in [6, 6.07) is 6.97. The first-order chi connectivity index (χ1) is 8.95. The summed E-state index contributed by atoms with van der Waals surface area (Å²) < 4.78 is 5.11. The highest BCUT2D eigenvalue weighted by atomic mass is 32.1. The maximum Gasteiger partial charge on any atom is 0.251 e. The minimum Gasteiger partial charge on any atom is -0.389 e. The van der Waals surface area contributed by atoms with Crippen LogP contribution in [-0.4, -0.2) is 30.7 Å². The minimum absolute atomic E-state index is 0.0222. The molecule has 0 saturated carbocycles. The maximum atomic E-state index is 12.2. The molecular weight excluding hydrogens is 260 g/mol. The van der Waals surface area contributed by atoms with Crippen LogP contribution in [0.4, 0.5) is 0 Å². The van der Waals surface area contributed by atoms with E-state index in [0.29, 0.717) is 23.7 Å². The zero-order valence-corrected chi connectivity index (χ0v) is 12.3. The largest absolute Gasteiger partial charge is 0.389 e. The van der Waals surface area contributed by atoms with Gasteiger partial charge in [-0.3, -0.25) is 4.79 Å². The van der Waals surface area contributed by atoms with E-state index in [1.54, 1.807) is 31.4 Å². The Bertz CT molecular complexity index is 461. The molecule has 1 atom stereocenters. The third-order valence-corrected chi connectivity index (χ3v) is 3.11. The van der Waals surface area contributed by atoms with Gasteiger partial charge in [-0.1, -0.05) is 38.2 Å². The minimum atomic E-state index is -0.145. The molecule has 3 N–H and O–H groups in total. The molecule has 1 aromatic rings. The van der Waals surface area contributed by atoms with E-state index < -0.39 is 0 Å². The first kappa shape index (κ1) is 15.6. The van der Waals surface area contributed by atoms with E-state index in [1.165, 1.54) is 0 Å². The number of nitrogens with two attached hydrogens (primary N) is 1. The molecule has 0 radical (unpaired) electrons. The monoisotopic (exact) mass is 280 g/mol. The van der Waals surface area contributed by atoms with E-state index in [4.69, 9.17) is 22.7 Å². The summed E-state index contributed by atoms with van der Waals surface area (Å²) in [5, 5.41) is 2.95. The van der Waals surface area contributed by atoms with Crippen molar-refractivity contribution in [2.24, 2.45) is 11.7 Å². The Morgan fingerprint density at radius 2 is 2.05 bits per heavy atom. The van der Waals surface area contributed by atoms with Crippen molar-refractivity contribution >= 4 is 23.1 Å². The van der Waals surface area contributed by atoms with Gasteiger partial charge in [0.2, 0.25) is 0 Å². The molecular formula is C14H20N2O2S. The fourth-order valence-electron chi connectivity index (χ4n) is 1.65. The predicted molar refractivity (Wildman–Crippen MR) is 80.3 cm³/mol. The Morgan fingerprint density at radius 1 is 1.42 bits per heavy atom. The standard InChI is InChI=1S/C14H20N2O2S/c1-9(2)12(8-18-3)16-14(17)11-6-4-5-10(7-11)13(15)19/h4-7,9,12H,8H2,1-3H3,(H2,15,19)(H,16,17). The van der Waals surface area contributed by atoms with Crippen molar-refractivity contribution in [3.63, 3.8) is 0 Å². The van der Waals surface area contributed by atoms with Crippen LogP contribution in [0.25, 0.3) is 0 Å². The van der Waals surface area contributed by atoms with E-state index in [0.717, 1.165) is 0 Å². The van der Waals surface area contributed by atoms with Gasteiger partial charge < -0.3 is 15.8 Å². The van der Waals surface area contributed by atoms with Crippen LogP contribution in [0.3, 0.4) is 0 Å². The lowest BCUT2D eigenvalue weighted by Crippen LogP contribution is -2.41. The predicted octanol–water partition coefficient (Wildman–Crippen LogP) is 1.72. The molecule has 0 aliphatic carbocycles. The number of hydrogen-bond acceptors (Lipinski definition) is 3. The number of rotatable bonds is 6. The molecule has 1 aromatic carbocycles. The summed E-state index contributed by atoms with van der Waals surface area (Å²) >= 11 is 4.91. The zero-order valence-electron chi connectivity index (χ0n) is 11.5. The summed E-state index contributed by atoms with van der Waals surface area (Å²) in [6.45, 7) is 4.56. The smallest absolute Gasteiger partial charge is 0.251 e. The van der Waals surface area contributed by atoms with Gasteiger partial charge in [0.15, 0.2) is 0 Å². The van der Waals surface area contributed by atoms with Crippen molar-refractivity contribution in [1.82, 2.24) is 5.32 Å². The summed E-state index contributed by atoms with van der Waals surface area (Å²) in [5.74, 6) is 0.150. The molecule has 1 unspecified atom stereocenters. The zero-order chi connectivity index (χ0) is 14.4. The summed E-state index contributed by atoms with van der Waals surface area (Å²) in [4.78, 5) is 12.4. The molecule has 0 aromatic heterocycles. The molecule has 0 aliphatic rings. The molecule has 5 heteroatoms. The van der Waals surface area contributed by atoms with Crippen molar-refractivity contribution in [2.75, 3.05) is 13.7 Å².